The van der Waals surface area contributed by atoms with Crippen LogP contribution in [0.15, 0.2) is 0 Å². The van der Waals surface area contributed by atoms with Crippen molar-refractivity contribution in [2.45, 2.75) is 45.3 Å². The lowest BCUT2D eigenvalue weighted by atomic mass is 10.1. The molecule has 0 bridgehead atoms. The Bertz CT molecular complexity index is 93.0. The summed E-state index contributed by atoms with van der Waals surface area (Å²) in [5.41, 5.74) is 0. The van der Waals surface area contributed by atoms with Crippen molar-refractivity contribution < 1.29 is 9.47 Å². The van der Waals surface area contributed by atoms with E-state index in [1.807, 2.05) is 0 Å². The number of hydrogen-bond acceptors (Lipinski definition) is 2. The molecule has 0 aromatic heterocycles. The van der Waals surface area contributed by atoms with Gasteiger partial charge >= 0.3 is 0 Å². The fraction of sp³-hybridized carbons (Fsp3) is 1.00. The second kappa shape index (κ2) is 4.73. The molecule has 66 valence electrons. The zero-order chi connectivity index (χ0) is 8.10. The number of rotatable bonds is 3. The van der Waals surface area contributed by atoms with E-state index in [0.29, 0.717) is 12.2 Å². The van der Waals surface area contributed by atoms with Crippen LogP contribution in [-0.2, 0) is 9.47 Å². The molecule has 1 fully saturated rings. The van der Waals surface area contributed by atoms with Gasteiger partial charge in [0.05, 0.1) is 25.4 Å². The predicted molar refractivity (Wildman–Crippen MR) is 44.7 cm³/mol. The van der Waals surface area contributed by atoms with Gasteiger partial charge in [-0.1, -0.05) is 19.8 Å². The summed E-state index contributed by atoms with van der Waals surface area (Å²) in [5.74, 6) is 0. The SMILES string of the molecule is CCCCC1COC(C)CO1. The molecule has 0 aromatic rings. The van der Waals surface area contributed by atoms with Crippen LogP contribution in [0, 0.1) is 0 Å². The van der Waals surface area contributed by atoms with Crippen LogP contribution >= 0.6 is 0 Å². The third kappa shape index (κ3) is 3.21. The molecule has 2 heteroatoms. The molecule has 2 atom stereocenters. The molecule has 1 aliphatic rings. The maximum Gasteiger partial charge on any atom is 0.0810 e. The highest BCUT2D eigenvalue weighted by atomic mass is 16.6. The Kier molecular flexibility index (Phi) is 3.87. The van der Waals surface area contributed by atoms with Crippen molar-refractivity contribution in [1.82, 2.24) is 0 Å². The lowest BCUT2D eigenvalue weighted by Crippen LogP contribution is -2.33. The summed E-state index contributed by atoms with van der Waals surface area (Å²) in [6, 6.07) is 0. The molecule has 1 heterocycles. The van der Waals surface area contributed by atoms with E-state index in [1.54, 1.807) is 0 Å². The highest BCUT2D eigenvalue weighted by Crippen LogP contribution is 2.12. The maximum absolute atomic E-state index is 5.57. The summed E-state index contributed by atoms with van der Waals surface area (Å²) in [7, 11) is 0. The van der Waals surface area contributed by atoms with E-state index in [0.717, 1.165) is 19.6 Å². The second-order valence-electron chi connectivity index (χ2n) is 3.24. The molecule has 0 spiro atoms. The molecule has 0 radical (unpaired) electrons. The van der Waals surface area contributed by atoms with Gasteiger partial charge in [0.2, 0.25) is 0 Å². The summed E-state index contributed by atoms with van der Waals surface area (Å²) >= 11 is 0. The molecule has 11 heavy (non-hydrogen) atoms. The Morgan fingerprint density at radius 1 is 1.27 bits per heavy atom. The highest BCUT2D eigenvalue weighted by Gasteiger charge is 2.17. The van der Waals surface area contributed by atoms with Crippen molar-refractivity contribution >= 4 is 0 Å². The van der Waals surface area contributed by atoms with Crippen molar-refractivity contribution in [1.29, 1.82) is 0 Å². The van der Waals surface area contributed by atoms with Crippen LogP contribution in [0.3, 0.4) is 0 Å². The van der Waals surface area contributed by atoms with Gasteiger partial charge in [0.1, 0.15) is 0 Å². The van der Waals surface area contributed by atoms with Crippen molar-refractivity contribution in [3.8, 4) is 0 Å². The van der Waals surface area contributed by atoms with Crippen LogP contribution in [-0.4, -0.2) is 25.4 Å². The van der Waals surface area contributed by atoms with Gasteiger partial charge < -0.3 is 9.47 Å². The smallest absolute Gasteiger partial charge is 0.0810 e. The van der Waals surface area contributed by atoms with Crippen LogP contribution in [0.25, 0.3) is 0 Å². The van der Waals surface area contributed by atoms with E-state index in [9.17, 15) is 0 Å². The molecule has 2 nitrogen and oxygen atoms in total. The third-order valence-corrected chi connectivity index (χ3v) is 2.01. The first-order valence-electron chi connectivity index (χ1n) is 4.56. The Hall–Kier alpha value is -0.0800. The lowest BCUT2D eigenvalue weighted by molar-refractivity contribution is -0.128. The van der Waals surface area contributed by atoms with Gasteiger partial charge in [0, 0.05) is 0 Å². The monoisotopic (exact) mass is 158 g/mol. The largest absolute Gasteiger partial charge is 0.373 e. The van der Waals surface area contributed by atoms with Gasteiger partial charge in [-0.15, -0.1) is 0 Å². The van der Waals surface area contributed by atoms with Crippen molar-refractivity contribution in [2.75, 3.05) is 13.2 Å². The van der Waals surface area contributed by atoms with Crippen molar-refractivity contribution in [3.05, 3.63) is 0 Å². The van der Waals surface area contributed by atoms with E-state index < -0.39 is 0 Å². The van der Waals surface area contributed by atoms with Crippen LogP contribution in [0.1, 0.15) is 33.1 Å². The average Bonchev–Trinajstić information content (AvgIpc) is 2.04. The molecular weight excluding hydrogens is 140 g/mol. The second-order valence-corrected chi connectivity index (χ2v) is 3.24. The highest BCUT2D eigenvalue weighted by molar-refractivity contribution is 4.64. The summed E-state index contributed by atoms with van der Waals surface area (Å²) < 4.78 is 11.0. The van der Waals surface area contributed by atoms with Gasteiger partial charge in [-0.2, -0.15) is 0 Å². The van der Waals surface area contributed by atoms with E-state index in [4.69, 9.17) is 9.47 Å². The van der Waals surface area contributed by atoms with Crippen molar-refractivity contribution in [3.63, 3.8) is 0 Å². The average molecular weight is 158 g/mol. The Morgan fingerprint density at radius 3 is 2.64 bits per heavy atom. The normalized spacial score (nSPS) is 32.2. The molecule has 1 rings (SSSR count). The van der Waals surface area contributed by atoms with Crippen molar-refractivity contribution in [2.24, 2.45) is 0 Å². The molecule has 0 aliphatic carbocycles. The zero-order valence-corrected chi connectivity index (χ0v) is 7.51. The quantitative estimate of drug-likeness (QED) is 0.625. The number of hydrogen-bond donors (Lipinski definition) is 0. The minimum atomic E-state index is 0.299. The molecule has 0 aromatic carbocycles. The first-order chi connectivity index (χ1) is 5.33. The van der Waals surface area contributed by atoms with Crippen LogP contribution in [0.4, 0.5) is 0 Å². The molecule has 1 aliphatic heterocycles. The van der Waals surface area contributed by atoms with Gasteiger partial charge in [-0.05, 0) is 13.3 Å². The number of ether oxygens (including phenoxy) is 2. The zero-order valence-electron chi connectivity index (χ0n) is 7.51. The molecule has 0 saturated carbocycles. The van der Waals surface area contributed by atoms with Crippen LogP contribution in [0.2, 0.25) is 0 Å². The summed E-state index contributed by atoms with van der Waals surface area (Å²) in [6.07, 6.45) is 4.32. The van der Waals surface area contributed by atoms with Gasteiger partial charge in [0.25, 0.3) is 0 Å². The Labute approximate surface area is 68.9 Å². The first kappa shape index (κ1) is 9.01. The molecule has 1 saturated heterocycles. The van der Waals surface area contributed by atoms with E-state index in [2.05, 4.69) is 13.8 Å². The minimum Gasteiger partial charge on any atom is -0.373 e. The summed E-state index contributed by atoms with van der Waals surface area (Å²) in [5, 5.41) is 0. The molecular formula is C9H18O2. The topological polar surface area (TPSA) is 18.5 Å². The molecule has 0 amide bonds. The Morgan fingerprint density at radius 2 is 2.09 bits per heavy atom. The van der Waals surface area contributed by atoms with Gasteiger partial charge in [-0.3, -0.25) is 0 Å². The molecule has 2 unspecified atom stereocenters. The maximum atomic E-state index is 5.57. The fourth-order valence-electron chi connectivity index (χ4n) is 1.24. The van der Waals surface area contributed by atoms with E-state index >= 15 is 0 Å². The van der Waals surface area contributed by atoms with Crippen LogP contribution < -0.4 is 0 Å². The summed E-state index contributed by atoms with van der Waals surface area (Å²) in [6.45, 7) is 5.82. The minimum absolute atomic E-state index is 0.299. The standard InChI is InChI=1S/C9H18O2/c1-3-4-5-9-7-10-8(2)6-11-9/h8-9H,3-7H2,1-2H3. The fourth-order valence-corrected chi connectivity index (χ4v) is 1.24. The summed E-state index contributed by atoms with van der Waals surface area (Å²) in [4.78, 5) is 0. The third-order valence-electron chi connectivity index (χ3n) is 2.01. The first-order valence-corrected chi connectivity index (χ1v) is 4.56. The Balaban J connectivity index is 2.07. The lowest BCUT2D eigenvalue weighted by Gasteiger charge is -2.27. The van der Waals surface area contributed by atoms with Gasteiger partial charge in [-0.25, -0.2) is 0 Å². The van der Waals surface area contributed by atoms with E-state index in [1.165, 1.54) is 12.8 Å². The predicted octanol–water partition coefficient (Wildman–Crippen LogP) is 1.98. The van der Waals surface area contributed by atoms with Gasteiger partial charge in [0.15, 0.2) is 0 Å². The molecule has 0 N–H and O–H groups in total. The van der Waals surface area contributed by atoms with Crippen LogP contribution in [0.5, 0.6) is 0 Å². The number of unbranched alkanes of at least 4 members (excludes halogenated alkanes) is 1. The van der Waals surface area contributed by atoms with E-state index in [-0.39, 0.29) is 0 Å².